The highest BCUT2D eigenvalue weighted by molar-refractivity contribution is 5.29. The van der Waals surface area contributed by atoms with Crippen LogP contribution >= 0.6 is 0 Å². The van der Waals surface area contributed by atoms with E-state index in [1.54, 1.807) is 7.11 Å². The van der Waals surface area contributed by atoms with Crippen molar-refractivity contribution < 1.29 is 19.3 Å². The van der Waals surface area contributed by atoms with E-state index < -0.39 is 11.4 Å². The molecule has 1 heterocycles. The van der Waals surface area contributed by atoms with Crippen LogP contribution in [-0.2, 0) is 15.9 Å². The second kappa shape index (κ2) is 5.35. The first-order chi connectivity index (χ1) is 9.63. The summed E-state index contributed by atoms with van der Waals surface area (Å²) >= 11 is 0. The van der Waals surface area contributed by atoms with Crippen molar-refractivity contribution in [3.63, 3.8) is 0 Å². The molecule has 1 aromatic rings. The van der Waals surface area contributed by atoms with E-state index in [0.717, 1.165) is 24.2 Å². The monoisotopic (exact) mass is 278 g/mol. The molecule has 110 valence electrons. The van der Waals surface area contributed by atoms with Gasteiger partial charge in [-0.1, -0.05) is 12.1 Å². The first-order valence-electron chi connectivity index (χ1n) is 7.26. The van der Waals surface area contributed by atoms with Crippen molar-refractivity contribution in [3.8, 4) is 5.75 Å². The van der Waals surface area contributed by atoms with Gasteiger partial charge in [-0.15, -0.1) is 0 Å². The topological polar surface area (TPSA) is 47.9 Å². The van der Waals surface area contributed by atoms with Gasteiger partial charge in [0.2, 0.25) is 0 Å². The van der Waals surface area contributed by atoms with Crippen LogP contribution in [0.2, 0.25) is 0 Å². The molecular weight excluding hydrogens is 256 g/mol. The van der Waals surface area contributed by atoms with Crippen LogP contribution in [0.25, 0.3) is 0 Å². The maximum Gasteiger partial charge on any atom is 0.168 e. The van der Waals surface area contributed by atoms with Gasteiger partial charge >= 0.3 is 0 Å². The van der Waals surface area contributed by atoms with Gasteiger partial charge in [-0.25, -0.2) is 0 Å². The molecule has 1 saturated carbocycles. The number of rotatable bonds is 3. The zero-order valence-electron chi connectivity index (χ0n) is 11.9. The van der Waals surface area contributed by atoms with Crippen LogP contribution in [0.15, 0.2) is 24.3 Å². The first kappa shape index (κ1) is 13.9. The molecule has 3 rings (SSSR count). The SMILES string of the molecule is COc1cccc(CC2(O)CCC3(CC2)OCCO3)c1. The highest BCUT2D eigenvalue weighted by Gasteiger charge is 2.45. The number of aliphatic hydroxyl groups is 1. The lowest BCUT2D eigenvalue weighted by molar-refractivity contribution is -0.202. The Balaban J connectivity index is 1.65. The van der Waals surface area contributed by atoms with Gasteiger partial charge in [0.15, 0.2) is 5.79 Å². The average molecular weight is 278 g/mol. The lowest BCUT2D eigenvalue weighted by Crippen LogP contribution is -2.44. The Bertz CT molecular complexity index is 455. The quantitative estimate of drug-likeness (QED) is 0.921. The zero-order chi connectivity index (χ0) is 14.1. The zero-order valence-corrected chi connectivity index (χ0v) is 11.9. The van der Waals surface area contributed by atoms with Crippen molar-refractivity contribution in [2.75, 3.05) is 20.3 Å². The molecule has 1 aliphatic heterocycles. The summed E-state index contributed by atoms with van der Waals surface area (Å²) in [6, 6.07) is 7.91. The lowest BCUT2D eigenvalue weighted by atomic mass is 9.78. The highest BCUT2D eigenvalue weighted by Crippen LogP contribution is 2.41. The van der Waals surface area contributed by atoms with E-state index in [4.69, 9.17) is 14.2 Å². The molecule has 1 aliphatic carbocycles. The molecule has 1 N–H and O–H groups in total. The second-order valence-electron chi connectivity index (χ2n) is 5.86. The van der Waals surface area contributed by atoms with Crippen molar-refractivity contribution in [1.82, 2.24) is 0 Å². The predicted octanol–water partition coefficient (Wildman–Crippen LogP) is 2.29. The van der Waals surface area contributed by atoms with Crippen LogP contribution in [-0.4, -0.2) is 36.8 Å². The maximum atomic E-state index is 10.8. The number of hydrogen-bond donors (Lipinski definition) is 1. The molecule has 20 heavy (non-hydrogen) atoms. The second-order valence-corrected chi connectivity index (χ2v) is 5.86. The van der Waals surface area contributed by atoms with Crippen LogP contribution in [0.1, 0.15) is 31.2 Å². The Hall–Kier alpha value is -1.10. The molecule has 2 aliphatic rings. The molecule has 1 saturated heterocycles. The third-order valence-electron chi connectivity index (χ3n) is 4.42. The summed E-state index contributed by atoms with van der Waals surface area (Å²) in [4.78, 5) is 0. The third kappa shape index (κ3) is 2.82. The minimum Gasteiger partial charge on any atom is -0.497 e. The van der Waals surface area contributed by atoms with Gasteiger partial charge in [0.1, 0.15) is 5.75 Å². The van der Waals surface area contributed by atoms with Crippen LogP contribution in [0.3, 0.4) is 0 Å². The number of benzene rings is 1. The minimum absolute atomic E-state index is 0.416. The van der Waals surface area contributed by atoms with Gasteiger partial charge in [0.05, 0.1) is 25.9 Å². The summed E-state index contributed by atoms with van der Waals surface area (Å²) in [6.45, 7) is 1.35. The highest BCUT2D eigenvalue weighted by atomic mass is 16.7. The van der Waals surface area contributed by atoms with Crippen LogP contribution in [0.5, 0.6) is 5.75 Å². The summed E-state index contributed by atoms with van der Waals surface area (Å²) in [5, 5.41) is 10.8. The van der Waals surface area contributed by atoms with Crippen LogP contribution in [0, 0.1) is 0 Å². The fourth-order valence-corrected chi connectivity index (χ4v) is 3.22. The Kier molecular flexibility index (Phi) is 3.71. The van der Waals surface area contributed by atoms with Crippen molar-refractivity contribution >= 4 is 0 Å². The molecule has 2 fully saturated rings. The minimum atomic E-state index is -0.660. The third-order valence-corrected chi connectivity index (χ3v) is 4.42. The standard InChI is InChI=1S/C16H22O4/c1-18-14-4-2-3-13(11-14)12-15(17)5-7-16(8-6-15)19-9-10-20-16/h2-4,11,17H,5-10,12H2,1H3. The number of ether oxygens (including phenoxy) is 3. The van der Waals surface area contributed by atoms with Gasteiger partial charge in [-0.2, -0.15) is 0 Å². The van der Waals surface area contributed by atoms with Gasteiger partial charge in [0, 0.05) is 19.3 Å². The van der Waals surface area contributed by atoms with Crippen molar-refractivity contribution in [3.05, 3.63) is 29.8 Å². The summed E-state index contributed by atoms with van der Waals surface area (Å²) < 4.78 is 16.6. The van der Waals surface area contributed by atoms with E-state index in [-0.39, 0.29) is 0 Å². The molecular formula is C16H22O4. The van der Waals surface area contributed by atoms with E-state index in [1.165, 1.54) is 0 Å². The van der Waals surface area contributed by atoms with Gasteiger partial charge in [-0.3, -0.25) is 0 Å². The molecule has 1 aromatic carbocycles. The lowest BCUT2D eigenvalue weighted by Gasteiger charge is -2.40. The van der Waals surface area contributed by atoms with E-state index in [1.807, 2.05) is 24.3 Å². The number of methoxy groups -OCH3 is 1. The smallest absolute Gasteiger partial charge is 0.168 e. The molecule has 1 spiro atoms. The largest absolute Gasteiger partial charge is 0.497 e. The first-order valence-corrected chi connectivity index (χ1v) is 7.26. The molecule has 4 heteroatoms. The molecule has 0 aromatic heterocycles. The molecule has 0 bridgehead atoms. The Morgan fingerprint density at radius 2 is 1.85 bits per heavy atom. The van der Waals surface area contributed by atoms with E-state index >= 15 is 0 Å². The normalized spacial score (nSPS) is 23.9. The molecule has 0 unspecified atom stereocenters. The summed E-state index contributed by atoms with van der Waals surface area (Å²) in [7, 11) is 1.66. The van der Waals surface area contributed by atoms with E-state index in [0.29, 0.717) is 32.5 Å². The van der Waals surface area contributed by atoms with Gasteiger partial charge in [-0.05, 0) is 30.5 Å². The van der Waals surface area contributed by atoms with Crippen LogP contribution < -0.4 is 4.74 Å². The van der Waals surface area contributed by atoms with E-state index in [9.17, 15) is 5.11 Å². The van der Waals surface area contributed by atoms with Gasteiger partial charge < -0.3 is 19.3 Å². The molecule has 0 radical (unpaired) electrons. The molecule has 0 amide bonds. The molecule has 4 nitrogen and oxygen atoms in total. The maximum absolute atomic E-state index is 10.8. The summed E-state index contributed by atoms with van der Waals surface area (Å²) in [5.41, 5.74) is 0.448. The van der Waals surface area contributed by atoms with E-state index in [2.05, 4.69) is 0 Å². The van der Waals surface area contributed by atoms with Crippen molar-refractivity contribution in [2.24, 2.45) is 0 Å². The summed E-state index contributed by atoms with van der Waals surface area (Å²) in [5.74, 6) is 0.418. The summed E-state index contributed by atoms with van der Waals surface area (Å²) in [6.07, 6.45) is 3.62. The fourth-order valence-electron chi connectivity index (χ4n) is 3.22. The Labute approximate surface area is 119 Å². The van der Waals surface area contributed by atoms with Gasteiger partial charge in [0.25, 0.3) is 0 Å². The number of hydrogen-bond acceptors (Lipinski definition) is 4. The Morgan fingerprint density at radius 3 is 2.50 bits per heavy atom. The fraction of sp³-hybridized carbons (Fsp3) is 0.625. The molecule has 0 atom stereocenters. The van der Waals surface area contributed by atoms with Crippen LogP contribution in [0.4, 0.5) is 0 Å². The van der Waals surface area contributed by atoms with Crippen molar-refractivity contribution in [1.29, 1.82) is 0 Å². The average Bonchev–Trinajstić information content (AvgIpc) is 2.92. The predicted molar refractivity (Wildman–Crippen MR) is 74.8 cm³/mol. The Morgan fingerprint density at radius 1 is 1.15 bits per heavy atom. The van der Waals surface area contributed by atoms with Crippen molar-refractivity contribution in [2.45, 2.75) is 43.5 Å².